The van der Waals surface area contributed by atoms with Crippen LogP contribution in [0.2, 0.25) is 0 Å². The second-order valence-corrected chi connectivity index (χ2v) is 6.64. The summed E-state index contributed by atoms with van der Waals surface area (Å²) in [5.74, 6) is 0.00438. The Morgan fingerprint density at radius 2 is 1.91 bits per heavy atom. The second-order valence-electron chi connectivity index (χ2n) is 6.64. The third kappa shape index (κ3) is 2.96. The number of likely N-dealkylation sites (N-methyl/N-ethyl adjacent to an activating group) is 1. The SMILES string of the molecule is CN1C(=O)C(c2ncc(-c3cccc(F)c3)cn2)CCC1(C)C. The molecule has 120 valence electrons. The maximum atomic E-state index is 13.3. The fraction of sp³-hybridized carbons (Fsp3) is 0.389. The summed E-state index contributed by atoms with van der Waals surface area (Å²) in [4.78, 5) is 23.0. The largest absolute Gasteiger partial charge is 0.340 e. The van der Waals surface area contributed by atoms with Crippen molar-refractivity contribution in [2.24, 2.45) is 0 Å². The minimum absolute atomic E-state index is 0.0553. The minimum atomic E-state index is -0.297. The van der Waals surface area contributed by atoms with E-state index >= 15 is 0 Å². The molecule has 3 rings (SSSR count). The number of halogens is 1. The summed E-state index contributed by atoms with van der Waals surface area (Å²) in [6.07, 6.45) is 4.97. The zero-order valence-electron chi connectivity index (χ0n) is 13.6. The zero-order valence-corrected chi connectivity index (χ0v) is 13.6. The molecule has 1 aliphatic rings. The fourth-order valence-corrected chi connectivity index (χ4v) is 2.90. The molecule has 4 nitrogen and oxygen atoms in total. The highest BCUT2D eigenvalue weighted by Crippen LogP contribution is 2.34. The van der Waals surface area contributed by atoms with Crippen molar-refractivity contribution < 1.29 is 9.18 Å². The topological polar surface area (TPSA) is 46.1 Å². The fourth-order valence-electron chi connectivity index (χ4n) is 2.90. The van der Waals surface area contributed by atoms with Gasteiger partial charge in [-0.05, 0) is 44.4 Å². The van der Waals surface area contributed by atoms with Gasteiger partial charge in [0.25, 0.3) is 0 Å². The van der Waals surface area contributed by atoms with Crippen LogP contribution in [0.15, 0.2) is 36.7 Å². The zero-order chi connectivity index (χ0) is 16.6. The van der Waals surface area contributed by atoms with Crippen molar-refractivity contribution >= 4 is 5.91 Å². The van der Waals surface area contributed by atoms with Gasteiger partial charge in [0.05, 0.1) is 5.92 Å². The van der Waals surface area contributed by atoms with E-state index in [4.69, 9.17) is 0 Å². The molecule has 1 saturated heterocycles. The number of piperidine rings is 1. The van der Waals surface area contributed by atoms with Crippen LogP contribution >= 0.6 is 0 Å². The number of hydrogen-bond acceptors (Lipinski definition) is 3. The van der Waals surface area contributed by atoms with Gasteiger partial charge in [-0.2, -0.15) is 0 Å². The van der Waals surface area contributed by atoms with Crippen LogP contribution in [0.3, 0.4) is 0 Å². The summed E-state index contributed by atoms with van der Waals surface area (Å²) in [5, 5.41) is 0. The molecule has 1 unspecified atom stereocenters. The van der Waals surface area contributed by atoms with E-state index in [0.717, 1.165) is 24.0 Å². The van der Waals surface area contributed by atoms with Gasteiger partial charge in [-0.3, -0.25) is 4.79 Å². The number of aromatic nitrogens is 2. The number of carbonyl (C=O) groups is 1. The number of amides is 1. The molecule has 2 aromatic rings. The van der Waals surface area contributed by atoms with E-state index in [2.05, 4.69) is 23.8 Å². The van der Waals surface area contributed by atoms with Crippen LogP contribution < -0.4 is 0 Å². The van der Waals surface area contributed by atoms with E-state index in [9.17, 15) is 9.18 Å². The Labute approximate surface area is 135 Å². The molecule has 1 atom stereocenters. The Bertz CT molecular complexity index is 727. The van der Waals surface area contributed by atoms with Gasteiger partial charge in [0.15, 0.2) is 0 Å². The average Bonchev–Trinajstić information content (AvgIpc) is 2.53. The van der Waals surface area contributed by atoms with Crippen LogP contribution in [0.5, 0.6) is 0 Å². The first-order chi connectivity index (χ1) is 10.9. The van der Waals surface area contributed by atoms with Crippen LogP contribution in [0, 0.1) is 5.82 Å². The minimum Gasteiger partial charge on any atom is -0.340 e. The van der Waals surface area contributed by atoms with Gasteiger partial charge in [-0.25, -0.2) is 14.4 Å². The molecular weight excluding hydrogens is 293 g/mol. The highest BCUT2D eigenvalue weighted by Gasteiger charge is 2.39. The Morgan fingerprint density at radius 1 is 1.22 bits per heavy atom. The van der Waals surface area contributed by atoms with Gasteiger partial charge >= 0.3 is 0 Å². The summed E-state index contributed by atoms with van der Waals surface area (Å²) < 4.78 is 13.3. The van der Waals surface area contributed by atoms with Crippen molar-refractivity contribution in [2.45, 2.75) is 38.1 Å². The first-order valence-electron chi connectivity index (χ1n) is 7.74. The van der Waals surface area contributed by atoms with Gasteiger partial charge in [0.2, 0.25) is 5.91 Å². The third-order valence-corrected chi connectivity index (χ3v) is 4.72. The molecule has 2 heterocycles. The molecule has 1 fully saturated rings. The molecule has 0 aliphatic carbocycles. The lowest BCUT2D eigenvalue weighted by atomic mass is 9.84. The van der Waals surface area contributed by atoms with Crippen molar-refractivity contribution in [3.8, 4) is 11.1 Å². The second kappa shape index (κ2) is 5.72. The number of rotatable bonds is 2. The molecule has 0 bridgehead atoms. The van der Waals surface area contributed by atoms with Crippen LogP contribution in [-0.2, 0) is 4.79 Å². The first kappa shape index (κ1) is 15.6. The lowest BCUT2D eigenvalue weighted by molar-refractivity contribution is -0.140. The van der Waals surface area contributed by atoms with E-state index in [1.54, 1.807) is 23.4 Å². The summed E-state index contributed by atoms with van der Waals surface area (Å²) in [7, 11) is 1.83. The van der Waals surface area contributed by atoms with E-state index in [1.807, 2.05) is 13.1 Å². The van der Waals surface area contributed by atoms with E-state index in [-0.39, 0.29) is 23.2 Å². The van der Waals surface area contributed by atoms with E-state index < -0.39 is 0 Å². The van der Waals surface area contributed by atoms with E-state index in [0.29, 0.717) is 5.82 Å². The smallest absolute Gasteiger partial charge is 0.233 e. The van der Waals surface area contributed by atoms with Crippen molar-refractivity contribution in [2.75, 3.05) is 7.05 Å². The number of likely N-dealkylation sites (tertiary alicyclic amines) is 1. The molecule has 1 aromatic carbocycles. The maximum absolute atomic E-state index is 13.3. The predicted octanol–water partition coefficient (Wildman–Crippen LogP) is 3.40. The number of hydrogen-bond donors (Lipinski definition) is 0. The molecule has 23 heavy (non-hydrogen) atoms. The summed E-state index contributed by atoms with van der Waals surface area (Å²) in [6, 6.07) is 6.31. The van der Waals surface area contributed by atoms with Crippen LogP contribution in [0.1, 0.15) is 38.4 Å². The van der Waals surface area contributed by atoms with Crippen LogP contribution in [-0.4, -0.2) is 33.4 Å². The van der Waals surface area contributed by atoms with Gasteiger partial charge in [0.1, 0.15) is 11.6 Å². The van der Waals surface area contributed by atoms with Gasteiger partial charge < -0.3 is 4.90 Å². The molecule has 0 spiro atoms. The van der Waals surface area contributed by atoms with Crippen molar-refractivity contribution in [1.29, 1.82) is 0 Å². The summed E-state index contributed by atoms with van der Waals surface area (Å²) in [6.45, 7) is 4.13. The Morgan fingerprint density at radius 3 is 2.57 bits per heavy atom. The Balaban J connectivity index is 1.84. The number of nitrogens with zero attached hydrogens (tertiary/aromatic N) is 3. The molecule has 0 radical (unpaired) electrons. The first-order valence-corrected chi connectivity index (χ1v) is 7.74. The monoisotopic (exact) mass is 313 g/mol. The molecule has 5 heteroatoms. The van der Waals surface area contributed by atoms with Crippen molar-refractivity contribution in [1.82, 2.24) is 14.9 Å². The lowest BCUT2D eigenvalue weighted by Gasteiger charge is -2.42. The Hall–Kier alpha value is -2.30. The normalized spacial score (nSPS) is 20.6. The van der Waals surface area contributed by atoms with Crippen LogP contribution in [0.4, 0.5) is 4.39 Å². The summed E-state index contributed by atoms with van der Waals surface area (Å²) >= 11 is 0. The predicted molar refractivity (Wildman–Crippen MR) is 86.3 cm³/mol. The van der Waals surface area contributed by atoms with Crippen molar-refractivity contribution in [3.05, 3.63) is 48.3 Å². The summed E-state index contributed by atoms with van der Waals surface area (Å²) in [5.41, 5.74) is 1.34. The number of benzene rings is 1. The van der Waals surface area contributed by atoms with Gasteiger partial charge in [-0.15, -0.1) is 0 Å². The Kier molecular flexibility index (Phi) is 3.88. The third-order valence-electron chi connectivity index (χ3n) is 4.72. The lowest BCUT2D eigenvalue weighted by Crippen LogP contribution is -2.51. The molecule has 1 amide bonds. The van der Waals surface area contributed by atoms with Crippen LogP contribution in [0.25, 0.3) is 11.1 Å². The maximum Gasteiger partial charge on any atom is 0.233 e. The highest BCUT2D eigenvalue weighted by atomic mass is 19.1. The van der Waals surface area contributed by atoms with Gasteiger partial charge in [-0.1, -0.05) is 12.1 Å². The molecule has 0 N–H and O–H groups in total. The quantitative estimate of drug-likeness (QED) is 0.853. The molecule has 1 aliphatic heterocycles. The molecule has 1 aromatic heterocycles. The van der Waals surface area contributed by atoms with Crippen molar-refractivity contribution in [3.63, 3.8) is 0 Å². The molecule has 0 saturated carbocycles. The van der Waals surface area contributed by atoms with E-state index in [1.165, 1.54) is 12.1 Å². The standard InChI is InChI=1S/C18H20FN3O/c1-18(2)8-7-15(17(23)22(18)3)16-20-10-13(11-21-16)12-5-4-6-14(19)9-12/h4-6,9-11,15H,7-8H2,1-3H3. The highest BCUT2D eigenvalue weighted by molar-refractivity contribution is 5.84. The molecular formula is C18H20FN3O. The van der Waals surface area contributed by atoms with Gasteiger partial charge in [0, 0.05) is 30.5 Å². The number of carbonyl (C=O) groups excluding carboxylic acids is 1. The average molecular weight is 313 g/mol.